The topological polar surface area (TPSA) is 50.8 Å². The largest absolute Gasteiger partial charge is 0.493 e. The standard InChI is InChI=1S/C25H30N2O3S/c1-16(2)26-25(28)24-22(19-9-5-6-11-21(19)31-24)17-12-13-27(14-17)15-18-8-7-10-20(29-3)23(18)30-4/h5-11,16-17H,12-15H2,1-4H3,(H,26,28). The van der Waals surface area contributed by atoms with E-state index in [4.69, 9.17) is 9.47 Å². The van der Waals surface area contributed by atoms with Gasteiger partial charge in [0.1, 0.15) is 0 Å². The van der Waals surface area contributed by atoms with Gasteiger partial charge in [0.25, 0.3) is 5.91 Å². The molecule has 1 amide bonds. The predicted molar refractivity (Wildman–Crippen MR) is 127 cm³/mol. The molecule has 31 heavy (non-hydrogen) atoms. The van der Waals surface area contributed by atoms with E-state index in [1.807, 2.05) is 32.0 Å². The van der Waals surface area contributed by atoms with Crippen LogP contribution in [0.5, 0.6) is 11.5 Å². The lowest BCUT2D eigenvalue weighted by molar-refractivity contribution is 0.0946. The molecule has 1 unspecified atom stereocenters. The van der Waals surface area contributed by atoms with Crippen LogP contribution in [0, 0.1) is 0 Å². The third kappa shape index (κ3) is 4.41. The number of likely N-dealkylation sites (tertiary alicyclic amines) is 1. The second-order valence-electron chi connectivity index (χ2n) is 8.34. The van der Waals surface area contributed by atoms with E-state index in [1.165, 1.54) is 15.6 Å². The van der Waals surface area contributed by atoms with Gasteiger partial charge in [0.2, 0.25) is 0 Å². The average Bonchev–Trinajstić information content (AvgIpc) is 3.37. The second kappa shape index (κ2) is 9.28. The minimum atomic E-state index is 0.0408. The number of rotatable bonds is 7. The Bertz CT molecular complexity index is 1080. The molecule has 6 heteroatoms. The number of benzene rings is 2. The van der Waals surface area contributed by atoms with Gasteiger partial charge < -0.3 is 14.8 Å². The molecule has 164 valence electrons. The fourth-order valence-electron chi connectivity index (χ4n) is 4.50. The molecule has 1 atom stereocenters. The highest BCUT2D eigenvalue weighted by Gasteiger charge is 2.31. The van der Waals surface area contributed by atoms with Crippen LogP contribution in [0.3, 0.4) is 0 Å². The van der Waals surface area contributed by atoms with E-state index in [0.29, 0.717) is 5.92 Å². The fourth-order valence-corrected chi connectivity index (χ4v) is 5.69. The van der Waals surface area contributed by atoms with Crippen molar-refractivity contribution in [1.29, 1.82) is 0 Å². The van der Waals surface area contributed by atoms with Crippen LogP contribution in [-0.4, -0.2) is 44.2 Å². The van der Waals surface area contributed by atoms with E-state index in [0.717, 1.165) is 48.0 Å². The molecule has 2 heterocycles. The van der Waals surface area contributed by atoms with E-state index < -0.39 is 0 Å². The average molecular weight is 439 g/mol. The molecule has 3 aromatic rings. The van der Waals surface area contributed by atoms with Gasteiger partial charge in [0, 0.05) is 35.3 Å². The van der Waals surface area contributed by atoms with Crippen molar-refractivity contribution in [2.75, 3.05) is 27.3 Å². The van der Waals surface area contributed by atoms with Gasteiger partial charge in [-0.3, -0.25) is 9.69 Å². The van der Waals surface area contributed by atoms with Crippen LogP contribution >= 0.6 is 11.3 Å². The highest BCUT2D eigenvalue weighted by Crippen LogP contribution is 2.41. The number of para-hydroxylation sites is 1. The van der Waals surface area contributed by atoms with Crippen molar-refractivity contribution in [3.63, 3.8) is 0 Å². The van der Waals surface area contributed by atoms with Gasteiger partial charge in [-0.2, -0.15) is 0 Å². The summed E-state index contributed by atoms with van der Waals surface area (Å²) in [4.78, 5) is 16.3. The zero-order chi connectivity index (χ0) is 22.0. The van der Waals surface area contributed by atoms with Crippen LogP contribution in [-0.2, 0) is 6.54 Å². The Morgan fingerprint density at radius 3 is 2.71 bits per heavy atom. The van der Waals surface area contributed by atoms with Crippen molar-refractivity contribution in [3.05, 3.63) is 58.5 Å². The zero-order valence-electron chi connectivity index (χ0n) is 18.6. The van der Waals surface area contributed by atoms with Gasteiger partial charge in [-0.1, -0.05) is 30.3 Å². The number of amides is 1. The van der Waals surface area contributed by atoms with E-state index >= 15 is 0 Å². The summed E-state index contributed by atoms with van der Waals surface area (Å²) in [7, 11) is 3.35. The summed E-state index contributed by atoms with van der Waals surface area (Å²) in [6, 6.07) is 14.5. The molecule has 1 fully saturated rings. The number of thiophene rings is 1. The maximum Gasteiger partial charge on any atom is 0.261 e. The third-order valence-electron chi connectivity index (χ3n) is 5.82. The Balaban J connectivity index is 1.60. The number of carbonyl (C=O) groups excluding carboxylic acids is 1. The number of nitrogens with one attached hydrogen (secondary N) is 1. The van der Waals surface area contributed by atoms with Crippen LogP contribution in [0.4, 0.5) is 0 Å². The second-order valence-corrected chi connectivity index (χ2v) is 9.39. The van der Waals surface area contributed by atoms with E-state index in [9.17, 15) is 4.79 Å². The summed E-state index contributed by atoms with van der Waals surface area (Å²) in [6.07, 6.45) is 1.04. The number of hydrogen-bond acceptors (Lipinski definition) is 5. The monoisotopic (exact) mass is 438 g/mol. The van der Waals surface area contributed by atoms with Gasteiger partial charge >= 0.3 is 0 Å². The Kier molecular flexibility index (Phi) is 6.49. The van der Waals surface area contributed by atoms with Gasteiger partial charge in [-0.25, -0.2) is 0 Å². The molecule has 1 aromatic heterocycles. The molecule has 1 saturated heterocycles. The Labute approximate surface area is 188 Å². The first-order chi connectivity index (χ1) is 15.0. The summed E-state index contributed by atoms with van der Waals surface area (Å²) in [5, 5.41) is 4.31. The van der Waals surface area contributed by atoms with Crippen LogP contribution < -0.4 is 14.8 Å². The maximum atomic E-state index is 13.0. The summed E-state index contributed by atoms with van der Waals surface area (Å²) >= 11 is 1.61. The van der Waals surface area contributed by atoms with Crippen molar-refractivity contribution in [2.45, 2.75) is 38.8 Å². The van der Waals surface area contributed by atoms with Crippen LogP contribution in [0.1, 0.15) is 47.0 Å². The van der Waals surface area contributed by atoms with Crippen molar-refractivity contribution in [1.82, 2.24) is 10.2 Å². The smallest absolute Gasteiger partial charge is 0.261 e. The van der Waals surface area contributed by atoms with Crippen LogP contribution in [0.2, 0.25) is 0 Å². The molecule has 0 radical (unpaired) electrons. The van der Waals surface area contributed by atoms with E-state index in [2.05, 4.69) is 34.5 Å². The van der Waals surface area contributed by atoms with Gasteiger partial charge in [-0.15, -0.1) is 11.3 Å². The van der Waals surface area contributed by atoms with Crippen LogP contribution in [0.25, 0.3) is 10.1 Å². The molecule has 0 saturated carbocycles. The quantitative estimate of drug-likeness (QED) is 0.561. The van der Waals surface area contributed by atoms with Crippen LogP contribution in [0.15, 0.2) is 42.5 Å². The zero-order valence-corrected chi connectivity index (χ0v) is 19.4. The number of carbonyl (C=O) groups is 1. The SMILES string of the molecule is COc1cccc(CN2CCC(c3c(C(=O)NC(C)C)sc4ccccc34)C2)c1OC. The molecular formula is C25H30N2O3S. The Morgan fingerprint density at radius 2 is 1.97 bits per heavy atom. The minimum absolute atomic E-state index is 0.0408. The predicted octanol–water partition coefficient (Wildman–Crippen LogP) is 5.05. The molecule has 4 rings (SSSR count). The highest BCUT2D eigenvalue weighted by atomic mass is 32.1. The number of ether oxygens (including phenoxy) is 2. The summed E-state index contributed by atoms with van der Waals surface area (Å²) in [5.74, 6) is 1.93. The molecule has 5 nitrogen and oxygen atoms in total. The highest BCUT2D eigenvalue weighted by molar-refractivity contribution is 7.21. The summed E-state index contributed by atoms with van der Waals surface area (Å²) in [6.45, 7) is 6.71. The molecule has 1 N–H and O–H groups in total. The lowest BCUT2D eigenvalue weighted by Gasteiger charge is -2.19. The first kappa shape index (κ1) is 21.7. The molecule has 0 spiro atoms. The fraction of sp³-hybridized carbons (Fsp3) is 0.400. The molecule has 2 aromatic carbocycles. The summed E-state index contributed by atoms with van der Waals surface area (Å²) in [5.41, 5.74) is 2.33. The van der Waals surface area contributed by atoms with Gasteiger partial charge in [0.05, 0.1) is 19.1 Å². The minimum Gasteiger partial charge on any atom is -0.493 e. The van der Waals surface area contributed by atoms with E-state index in [-0.39, 0.29) is 11.9 Å². The Hall–Kier alpha value is -2.57. The van der Waals surface area contributed by atoms with Gasteiger partial charge in [-0.05, 0) is 49.9 Å². The first-order valence-corrected chi connectivity index (χ1v) is 11.6. The first-order valence-electron chi connectivity index (χ1n) is 10.8. The normalized spacial score (nSPS) is 16.7. The Morgan fingerprint density at radius 1 is 1.16 bits per heavy atom. The van der Waals surface area contributed by atoms with Crippen molar-refractivity contribution in [2.24, 2.45) is 0 Å². The third-order valence-corrected chi connectivity index (χ3v) is 7.00. The van der Waals surface area contributed by atoms with E-state index in [1.54, 1.807) is 25.6 Å². The maximum absolute atomic E-state index is 13.0. The number of hydrogen-bond donors (Lipinski definition) is 1. The van der Waals surface area contributed by atoms with Crippen molar-refractivity contribution < 1.29 is 14.3 Å². The van der Waals surface area contributed by atoms with Crippen molar-refractivity contribution >= 4 is 27.3 Å². The number of methoxy groups -OCH3 is 2. The van der Waals surface area contributed by atoms with Gasteiger partial charge in [0.15, 0.2) is 11.5 Å². The molecule has 1 aliphatic heterocycles. The summed E-state index contributed by atoms with van der Waals surface area (Å²) < 4.78 is 12.3. The molecule has 1 aliphatic rings. The number of fused-ring (bicyclic) bond motifs is 1. The van der Waals surface area contributed by atoms with Crippen molar-refractivity contribution in [3.8, 4) is 11.5 Å². The molecule has 0 aliphatic carbocycles. The lowest BCUT2D eigenvalue weighted by atomic mass is 9.95. The number of nitrogens with zero attached hydrogens (tertiary/aromatic N) is 1. The lowest BCUT2D eigenvalue weighted by Crippen LogP contribution is -2.30. The molecular weight excluding hydrogens is 408 g/mol. The molecule has 0 bridgehead atoms.